The summed E-state index contributed by atoms with van der Waals surface area (Å²) in [6, 6.07) is 1.83. The molecule has 0 aliphatic carbocycles. The summed E-state index contributed by atoms with van der Waals surface area (Å²) in [7, 11) is 0. The number of rotatable bonds is 3. The standard InChI is InChI=1S/C10H12ClNO/c1-3-4-8-5-9(11)10(6-13)12-7(8)2/h5-6H,3-4H2,1-2H3. The fourth-order valence-electron chi connectivity index (χ4n) is 1.24. The van der Waals surface area contributed by atoms with Crippen LogP contribution in [0.15, 0.2) is 6.07 Å². The van der Waals surface area contributed by atoms with Gasteiger partial charge in [-0.05, 0) is 25.0 Å². The van der Waals surface area contributed by atoms with Gasteiger partial charge in [0.1, 0.15) is 5.69 Å². The van der Waals surface area contributed by atoms with Gasteiger partial charge in [0.2, 0.25) is 0 Å². The lowest BCUT2D eigenvalue weighted by Crippen LogP contribution is -1.97. The molecule has 1 aromatic heterocycles. The third kappa shape index (κ3) is 2.28. The minimum atomic E-state index is 0.332. The van der Waals surface area contributed by atoms with E-state index in [1.54, 1.807) is 0 Å². The highest BCUT2D eigenvalue weighted by molar-refractivity contribution is 6.32. The fourth-order valence-corrected chi connectivity index (χ4v) is 1.46. The maximum absolute atomic E-state index is 10.5. The van der Waals surface area contributed by atoms with Crippen molar-refractivity contribution in [1.29, 1.82) is 0 Å². The average molecular weight is 198 g/mol. The Hall–Kier alpha value is -0.890. The van der Waals surface area contributed by atoms with E-state index < -0.39 is 0 Å². The summed E-state index contributed by atoms with van der Waals surface area (Å²) in [6.07, 6.45) is 2.70. The Morgan fingerprint density at radius 1 is 1.62 bits per heavy atom. The van der Waals surface area contributed by atoms with Crippen LogP contribution in [0.2, 0.25) is 5.02 Å². The molecular formula is C10H12ClNO. The Morgan fingerprint density at radius 3 is 2.85 bits per heavy atom. The largest absolute Gasteiger partial charge is 0.296 e. The highest BCUT2D eigenvalue weighted by atomic mass is 35.5. The molecule has 2 nitrogen and oxygen atoms in total. The van der Waals surface area contributed by atoms with Crippen molar-refractivity contribution in [2.24, 2.45) is 0 Å². The Morgan fingerprint density at radius 2 is 2.31 bits per heavy atom. The summed E-state index contributed by atoms with van der Waals surface area (Å²) in [6.45, 7) is 4.00. The van der Waals surface area contributed by atoms with Crippen LogP contribution < -0.4 is 0 Å². The van der Waals surface area contributed by atoms with Crippen LogP contribution >= 0.6 is 11.6 Å². The number of carbonyl (C=O) groups excluding carboxylic acids is 1. The number of carbonyl (C=O) groups is 1. The Kier molecular flexibility index (Phi) is 3.43. The Bertz CT molecular complexity index is 323. The van der Waals surface area contributed by atoms with Crippen molar-refractivity contribution in [3.8, 4) is 0 Å². The summed E-state index contributed by atoms with van der Waals surface area (Å²) in [4.78, 5) is 14.6. The van der Waals surface area contributed by atoms with Crippen molar-refractivity contribution in [2.45, 2.75) is 26.7 Å². The van der Waals surface area contributed by atoms with Crippen molar-refractivity contribution in [2.75, 3.05) is 0 Å². The van der Waals surface area contributed by atoms with E-state index in [2.05, 4.69) is 11.9 Å². The van der Waals surface area contributed by atoms with Crippen LogP contribution in [0, 0.1) is 6.92 Å². The highest BCUT2D eigenvalue weighted by Crippen LogP contribution is 2.17. The van der Waals surface area contributed by atoms with Gasteiger partial charge in [-0.1, -0.05) is 24.9 Å². The van der Waals surface area contributed by atoms with Gasteiger partial charge in [0, 0.05) is 5.69 Å². The molecule has 0 aliphatic rings. The first-order valence-electron chi connectivity index (χ1n) is 4.30. The summed E-state index contributed by atoms with van der Waals surface area (Å²) in [5.41, 5.74) is 2.35. The van der Waals surface area contributed by atoms with Gasteiger partial charge < -0.3 is 0 Å². The lowest BCUT2D eigenvalue weighted by atomic mass is 10.1. The van der Waals surface area contributed by atoms with Crippen LogP contribution in [0.3, 0.4) is 0 Å². The quantitative estimate of drug-likeness (QED) is 0.698. The molecule has 0 N–H and O–H groups in total. The van der Waals surface area contributed by atoms with E-state index in [-0.39, 0.29) is 0 Å². The molecule has 0 amide bonds. The third-order valence-electron chi connectivity index (χ3n) is 1.93. The van der Waals surface area contributed by atoms with Gasteiger partial charge >= 0.3 is 0 Å². The van der Waals surface area contributed by atoms with Gasteiger partial charge in [0.05, 0.1) is 5.02 Å². The second-order valence-electron chi connectivity index (χ2n) is 2.97. The van der Waals surface area contributed by atoms with Gasteiger partial charge in [-0.15, -0.1) is 0 Å². The van der Waals surface area contributed by atoms with Gasteiger partial charge in [-0.25, -0.2) is 4.98 Å². The molecule has 0 spiro atoms. The van der Waals surface area contributed by atoms with Crippen LogP contribution in [0.1, 0.15) is 35.1 Å². The molecule has 3 heteroatoms. The molecule has 70 valence electrons. The number of halogens is 1. The minimum Gasteiger partial charge on any atom is -0.296 e. The molecule has 0 atom stereocenters. The lowest BCUT2D eigenvalue weighted by molar-refractivity contribution is 0.111. The van der Waals surface area contributed by atoms with Crippen molar-refractivity contribution < 1.29 is 4.79 Å². The number of aldehydes is 1. The van der Waals surface area contributed by atoms with Crippen LogP contribution in [-0.2, 0) is 6.42 Å². The molecule has 0 fully saturated rings. The van der Waals surface area contributed by atoms with Crippen LogP contribution in [0.4, 0.5) is 0 Å². The molecule has 0 aromatic carbocycles. The predicted molar refractivity (Wildman–Crippen MR) is 53.4 cm³/mol. The molecular weight excluding hydrogens is 186 g/mol. The first-order valence-corrected chi connectivity index (χ1v) is 4.68. The van der Waals surface area contributed by atoms with E-state index in [4.69, 9.17) is 11.6 Å². The number of nitrogens with zero attached hydrogens (tertiary/aromatic N) is 1. The molecule has 1 aromatic rings. The number of hydrogen-bond donors (Lipinski definition) is 0. The fraction of sp³-hybridized carbons (Fsp3) is 0.400. The third-order valence-corrected chi connectivity index (χ3v) is 2.23. The van der Waals surface area contributed by atoms with Crippen molar-refractivity contribution >= 4 is 17.9 Å². The maximum Gasteiger partial charge on any atom is 0.169 e. The molecule has 0 aliphatic heterocycles. The molecule has 0 radical (unpaired) electrons. The number of hydrogen-bond acceptors (Lipinski definition) is 2. The van der Waals surface area contributed by atoms with Gasteiger partial charge in [0.25, 0.3) is 0 Å². The molecule has 13 heavy (non-hydrogen) atoms. The van der Waals surface area contributed by atoms with Gasteiger partial charge in [0.15, 0.2) is 6.29 Å². The van der Waals surface area contributed by atoms with E-state index in [0.717, 1.165) is 24.1 Å². The second kappa shape index (κ2) is 4.38. The zero-order valence-corrected chi connectivity index (χ0v) is 8.56. The van der Waals surface area contributed by atoms with E-state index in [1.807, 2.05) is 13.0 Å². The normalized spacial score (nSPS) is 10.1. The molecule has 0 saturated heterocycles. The summed E-state index contributed by atoms with van der Waals surface area (Å²) in [5.74, 6) is 0. The second-order valence-corrected chi connectivity index (χ2v) is 3.38. The molecule has 0 bridgehead atoms. The van der Waals surface area contributed by atoms with Gasteiger partial charge in [-0.2, -0.15) is 0 Å². The Balaban J connectivity index is 3.12. The lowest BCUT2D eigenvalue weighted by Gasteiger charge is -2.05. The number of pyridine rings is 1. The summed E-state index contributed by atoms with van der Waals surface area (Å²) in [5, 5.41) is 0.448. The topological polar surface area (TPSA) is 30.0 Å². The zero-order valence-electron chi connectivity index (χ0n) is 7.80. The smallest absolute Gasteiger partial charge is 0.169 e. The number of aryl methyl sites for hydroxylation is 2. The molecule has 0 saturated carbocycles. The number of aromatic nitrogens is 1. The molecule has 1 rings (SSSR count). The van der Waals surface area contributed by atoms with E-state index >= 15 is 0 Å². The monoisotopic (exact) mass is 197 g/mol. The van der Waals surface area contributed by atoms with Crippen molar-refractivity contribution in [1.82, 2.24) is 4.98 Å². The summed E-state index contributed by atoms with van der Waals surface area (Å²) >= 11 is 5.84. The predicted octanol–water partition coefficient (Wildman–Crippen LogP) is 2.81. The van der Waals surface area contributed by atoms with Crippen molar-refractivity contribution in [3.05, 3.63) is 28.0 Å². The summed E-state index contributed by atoms with van der Waals surface area (Å²) < 4.78 is 0. The SMILES string of the molecule is CCCc1cc(Cl)c(C=O)nc1C. The van der Waals surface area contributed by atoms with Crippen LogP contribution in [0.25, 0.3) is 0 Å². The van der Waals surface area contributed by atoms with E-state index in [9.17, 15) is 4.79 Å². The van der Waals surface area contributed by atoms with Crippen LogP contribution in [-0.4, -0.2) is 11.3 Å². The molecule has 1 heterocycles. The zero-order chi connectivity index (χ0) is 9.84. The van der Waals surface area contributed by atoms with E-state index in [0.29, 0.717) is 17.0 Å². The minimum absolute atomic E-state index is 0.332. The van der Waals surface area contributed by atoms with Crippen molar-refractivity contribution in [3.63, 3.8) is 0 Å². The first-order chi connectivity index (χ1) is 6.19. The highest BCUT2D eigenvalue weighted by Gasteiger charge is 2.05. The molecule has 0 unspecified atom stereocenters. The maximum atomic E-state index is 10.5. The first kappa shape index (κ1) is 10.2. The van der Waals surface area contributed by atoms with Crippen LogP contribution in [0.5, 0.6) is 0 Å². The Labute approximate surface area is 82.9 Å². The average Bonchev–Trinajstić information content (AvgIpc) is 2.11. The van der Waals surface area contributed by atoms with Gasteiger partial charge in [-0.3, -0.25) is 4.79 Å². The van der Waals surface area contributed by atoms with E-state index in [1.165, 1.54) is 0 Å².